The van der Waals surface area contributed by atoms with Gasteiger partial charge in [-0.05, 0) is 41.8 Å². The minimum Gasteiger partial charge on any atom is -0.493 e. The van der Waals surface area contributed by atoms with Crippen LogP contribution in [0, 0.1) is 0 Å². The molecule has 26 heavy (non-hydrogen) atoms. The van der Waals surface area contributed by atoms with Crippen LogP contribution in [0.4, 0.5) is 4.79 Å². The lowest BCUT2D eigenvalue weighted by Crippen LogP contribution is -2.37. The molecule has 2 aromatic rings. The van der Waals surface area contributed by atoms with Crippen molar-refractivity contribution < 1.29 is 19.0 Å². The first-order valence-electron chi connectivity index (χ1n) is 8.60. The Morgan fingerprint density at radius 3 is 2.27 bits per heavy atom. The van der Waals surface area contributed by atoms with E-state index in [2.05, 4.69) is 17.6 Å². The molecule has 140 valence electrons. The number of rotatable bonds is 9. The highest BCUT2D eigenvalue weighted by Crippen LogP contribution is 2.27. The minimum atomic E-state index is -0.246. The second-order valence-electron chi connectivity index (χ2n) is 5.64. The zero-order valence-electron chi connectivity index (χ0n) is 15.5. The fourth-order valence-electron chi connectivity index (χ4n) is 2.39. The van der Waals surface area contributed by atoms with Gasteiger partial charge in [-0.2, -0.15) is 0 Å². The minimum absolute atomic E-state index is 0.246. The van der Waals surface area contributed by atoms with E-state index in [1.54, 1.807) is 14.2 Å². The van der Waals surface area contributed by atoms with E-state index in [9.17, 15) is 4.79 Å². The highest BCUT2D eigenvalue weighted by Gasteiger charge is 2.06. The summed E-state index contributed by atoms with van der Waals surface area (Å²) in [7, 11) is 3.17. The molecule has 0 saturated heterocycles. The zero-order chi connectivity index (χ0) is 18.8. The van der Waals surface area contributed by atoms with Gasteiger partial charge in [0.15, 0.2) is 11.5 Å². The number of amides is 2. The molecule has 0 saturated carbocycles. The predicted octanol–water partition coefficient (Wildman–Crippen LogP) is 3.14. The molecule has 0 bridgehead atoms. The second-order valence-corrected chi connectivity index (χ2v) is 5.64. The number of carbonyl (C=O) groups excluding carboxylic acids is 1. The van der Waals surface area contributed by atoms with Crippen LogP contribution in [-0.4, -0.2) is 33.4 Å². The van der Waals surface area contributed by atoms with Gasteiger partial charge in [0.25, 0.3) is 0 Å². The fraction of sp³-hybridized carbons (Fsp3) is 0.350. The molecule has 2 amide bonds. The summed E-state index contributed by atoms with van der Waals surface area (Å²) in [6.45, 7) is 3.34. The highest BCUT2D eigenvalue weighted by molar-refractivity contribution is 5.73. The van der Waals surface area contributed by atoms with Gasteiger partial charge in [0.05, 0.1) is 20.8 Å². The number of ether oxygens (including phenoxy) is 3. The Hall–Kier alpha value is -2.89. The van der Waals surface area contributed by atoms with E-state index in [4.69, 9.17) is 14.2 Å². The Kier molecular flexibility index (Phi) is 7.61. The number of carbonyl (C=O) groups is 1. The van der Waals surface area contributed by atoms with E-state index in [0.717, 1.165) is 17.7 Å². The standard InChI is InChI=1S/C20H26N2O4/c1-4-15-5-8-17(9-6-15)26-12-11-21-20(23)22-14-16-7-10-18(24-2)19(13-16)25-3/h5-10,13H,4,11-12,14H2,1-3H3,(H2,21,22,23). The molecule has 2 rings (SSSR count). The van der Waals surface area contributed by atoms with Crippen molar-refractivity contribution in [2.75, 3.05) is 27.4 Å². The van der Waals surface area contributed by atoms with Crippen LogP contribution in [0.2, 0.25) is 0 Å². The molecule has 0 fully saturated rings. The number of hydrogen-bond acceptors (Lipinski definition) is 4. The van der Waals surface area contributed by atoms with Crippen LogP contribution in [0.3, 0.4) is 0 Å². The molecule has 0 aliphatic heterocycles. The molecule has 0 heterocycles. The average Bonchev–Trinajstić information content (AvgIpc) is 2.69. The van der Waals surface area contributed by atoms with E-state index >= 15 is 0 Å². The maximum absolute atomic E-state index is 11.9. The van der Waals surface area contributed by atoms with Gasteiger partial charge >= 0.3 is 6.03 Å². The summed E-state index contributed by atoms with van der Waals surface area (Å²) in [6.07, 6.45) is 1.00. The molecule has 0 aliphatic carbocycles. The Morgan fingerprint density at radius 2 is 1.62 bits per heavy atom. The van der Waals surface area contributed by atoms with Gasteiger partial charge in [-0.3, -0.25) is 0 Å². The number of methoxy groups -OCH3 is 2. The first-order valence-corrected chi connectivity index (χ1v) is 8.60. The Bertz CT molecular complexity index is 701. The molecule has 2 aromatic carbocycles. The van der Waals surface area contributed by atoms with Crippen LogP contribution in [0.1, 0.15) is 18.1 Å². The van der Waals surface area contributed by atoms with Gasteiger partial charge in [0, 0.05) is 6.54 Å². The van der Waals surface area contributed by atoms with E-state index in [-0.39, 0.29) is 6.03 Å². The summed E-state index contributed by atoms with van der Waals surface area (Å²) in [5, 5.41) is 5.57. The van der Waals surface area contributed by atoms with E-state index in [1.807, 2.05) is 42.5 Å². The first-order chi connectivity index (χ1) is 12.7. The monoisotopic (exact) mass is 358 g/mol. The molecule has 6 heteroatoms. The third-order valence-corrected chi connectivity index (χ3v) is 3.89. The number of aryl methyl sites for hydroxylation is 1. The Morgan fingerprint density at radius 1 is 0.923 bits per heavy atom. The smallest absolute Gasteiger partial charge is 0.315 e. The van der Waals surface area contributed by atoms with Crippen molar-refractivity contribution >= 4 is 6.03 Å². The molecule has 6 nitrogen and oxygen atoms in total. The van der Waals surface area contributed by atoms with Crippen LogP contribution in [0.15, 0.2) is 42.5 Å². The number of hydrogen-bond donors (Lipinski definition) is 2. The summed E-state index contributed by atoms with van der Waals surface area (Å²) in [5.74, 6) is 2.09. The van der Waals surface area contributed by atoms with Gasteiger partial charge in [-0.25, -0.2) is 4.79 Å². The van der Waals surface area contributed by atoms with Crippen molar-refractivity contribution in [1.82, 2.24) is 10.6 Å². The van der Waals surface area contributed by atoms with Crippen LogP contribution in [0.25, 0.3) is 0 Å². The van der Waals surface area contributed by atoms with Gasteiger partial charge in [-0.1, -0.05) is 25.1 Å². The summed E-state index contributed by atoms with van der Waals surface area (Å²) in [4.78, 5) is 11.9. The Balaban J connectivity index is 1.68. The number of benzene rings is 2. The lowest BCUT2D eigenvalue weighted by Gasteiger charge is -2.11. The zero-order valence-corrected chi connectivity index (χ0v) is 15.5. The highest BCUT2D eigenvalue weighted by atomic mass is 16.5. The van der Waals surface area contributed by atoms with E-state index < -0.39 is 0 Å². The van der Waals surface area contributed by atoms with Crippen LogP contribution >= 0.6 is 0 Å². The summed E-state index contributed by atoms with van der Waals surface area (Å²) in [6, 6.07) is 13.2. The first kappa shape index (κ1) is 19.4. The van der Waals surface area contributed by atoms with Gasteiger partial charge < -0.3 is 24.8 Å². The van der Waals surface area contributed by atoms with Crippen molar-refractivity contribution in [3.8, 4) is 17.2 Å². The van der Waals surface area contributed by atoms with Crippen molar-refractivity contribution in [2.45, 2.75) is 19.9 Å². The average molecular weight is 358 g/mol. The Labute approximate surface area is 154 Å². The van der Waals surface area contributed by atoms with Crippen LogP contribution in [-0.2, 0) is 13.0 Å². The normalized spacial score (nSPS) is 10.1. The quantitative estimate of drug-likeness (QED) is 0.676. The van der Waals surface area contributed by atoms with Gasteiger partial charge in [0.1, 0.15) is 12.4 Å². The summed E-state index contributed by atoms with van der Waals surface area (Å²) < 4.78 is 16.0. The lowest BCUT2D eigenvalue weighted by atomic mass is 10.2. The fourth-order valence-corrected chi connectivity index (χ4v) is 2.39. The molecule has 0 radical (unpaired) electrons. The SMILES string of the molecule is CCc1ccc(OCCNC(=O)NCc2ccc(OC)c(OC)c2)cc1. The van der Waals surface area contributed by atoms with Crippen molar-refractivity contribution in [2.24, 2.45) is 0 Å². The summed E-state index contributed by atoms with van der Waals surface area (Å²) >= 11 is 0. The van der Waals surface area contributed by atoms with Crippen LogP contribution < -0.4 is 24.8 Å². The number of urea groups is 1. The number of nitrogens with one attached hydrogen (secondary N) is 2. The van der Waals surface area contributed by atoms with Crippen molar-refractivity contribution in [3.05, 3.63) is 53.6 Å². The summed E-state index contributed by atoms with van der Waals surface area (Å²) in [5.41, 5.74) is 2.19. The van der Waals surface area contributed by atoms with Gasteiger partial charge in [0.2, 0.25) is 0 Å². The van der Waals surface area contributed by atoms with Crippen molar-refractivity contribution in [1.29, 1.82) is 0 Å². The molecular formula is C20H26N2O4. The maximum Gasteiger partial charge on any atom is 0.315 e. The molecule has 2 N–H and O–H groups in total. The third kappa shape index (κ3) is 5.88. The molecular weight excluding hydrogens is 332 g/mol. The van der Waals surface area contributed by atoms with Crippen LogP contribution in [0.5, 0.6) is 17.2 Å². The van der Waals surface area contributed by atoms with Crippen molar-refractivity contribution in [3.63, 3.8) is 0 Å². The molecule has 0 unspecified atom stereocenters. The predicted molar refractivity (Wildman–Crippen MR) is 101 cm³/mol. The molecule has 0 atom stereocenters. The largest absolute Gasteiger partial charge is 0.493 e. The maximum atomic E-state index is 11.9. The molecule has 0 spiro atoms. The third-order valence-electron chi connectivity index (χ3n) is 3.89. The molecule has 0 aromatic heterocycles. The topological polar surface area (TPSA) is 68.8 Å². The lowest BCUT2D eigenvalue weighted by molar-refractivity contribution is 0.236. The molecule has 0 aliphatic rings. The second kappa shape index (κ2) is 10.2. The van der Waals surface area contributed by atoms with Gasteiger partial charge in [-0.15, -0.1) is 0 Å². The van der Waals surface area contributed by atoms with E-state index in [1.165, 1.54) is 5.56 Å². The van der Waals surface area contributed by atoms with E-state index in [0.29, 0.717) is 31.2 Å².